The molecule has 0 radical (unpaired) electrons. The normalized spacial score (nSPS) is 17.3. The summed E-state index contributed by atoms with van der Waals surface area (Å²) in [7, 11) is -3.42. The zero-order chi connectivity index (χ0) is 23.4. The molecule has 1 fully saturated rings. The summed E-state index contributed by atoms with van der Waals surface area (Å²) in [5.74, 6) is 0. The van der Waals surface area contributed by atoms with Gasteiger partial charge in [-0.25, -0.2) is 13.1 Å². The van der Waals surface area contributed by atoms with Crippen LogP contribution in [-0.4, -0.2) is 49.6 Å². The number of sulfonamides is 1. The maximum Gasteiger partial charge on any atom is 0.219 e. The summed E-state index contributed by atoms with van der Waals surface area (Å²) in [4.78, 5) is 0. The van der Waals surface area contributed by atoms with Gasteiger partial charge in [-0.2, -0.15) is 14.5 Å². The lowest BCUT2D eigenvalue weighted by molar-refractivity contribution is 0.317. The smallest absolute Gasteiger partial charge is 0.219 e. The molecule has 2 aromatic heterocycles. The van der Waals surface area contributed by atoms with E-state index in [9.17, 15) is 8.42 Å². The minimum atomic E-state index is -3.42. The minimum Gasteiger partial charge on any atom is -0.310 e. The van der Waals surface area contributed by atoms with Gasteiger partial charge in [-0.3, -0.25) is 4.68 Å². The third-order valence-electron chi connectivity index (χ3n) is 6.54. The molecule has 0 amide bonds. The lowest BCUT2D eigenvalue weighted by atomic mass is 10.0. The molecule has 5 rings (SSSR count). The molecule has 0 unspecified atom stereocenters. The molecule has 3 aromatic rings. The van der Waals surface area contributed by atoms with E-state index in [0.29, 0.717) is 25.7 Å². The molecular weight excluding hydrogens is 436 g/mol. The molecule has 0 bridgehead atoms. The number of benzene rings is 1. The van der Waals surface area contributed by atoms with Crippen LogP contribution >= 0.6 is 0 Å². The van der Waals surface area contributed by atoms with Crippen molar-refractivity contribution in [3.05, 3.63) is 53.6 Å². The number of aryl methyl sites for hydroxylation is 1. The van der Waals surface area contributed by atoms with Crippen LogP contribution in [0.15, 0.2) is 36.8 Å². The van der Waals surface area contributed by atoms with E-state index >= 15 is 0 Å². The first-order chi connectivity index (χ1) is 15.6. The Morgan fingerprint density at radius 3 is 2.64 bits per heavy atom. The fourth-order valence-corrected chi connectivity index (χ4v) is 5.61. The molecule has 8 nitrogen and oxygen atoms in total. The molecule has 1 aliphatic carbocycles. The number of aromatic nitrogens is 4. The highest BCUT2D eigenvalue weighted by Gasteiger charge is 2.38. The molecule has 33 heavy (non-hydrogen) atoms. The summed E-state index contributed by atoms with van der Waals surface area (Å²) in [5.41, 5.74) is 6.34. The topological polar surface area (TPSA) is 85.1 Å². The highest BCUT2D eigenvalue weighted by molar-refractivity contribution is 7.90. The lowest BCUT2D eigenvalue weighted by Gasteiger charge is -2.33. The van der Waals surface area contributed by atoms with Crippen molar-refractivity contribution in [2.24, 2.45) is 0 Å². The summed E-state index contributed by atoms with van der Waals surface area (Å²) in [5, 5.41) is 12.7. The summed E-state index contributed by atoms with van der Waals surface area (Å²) < 4.78 is 30.5. The molecule has 0 saturated heterocycles. The van der Waals surface area contributed by atoms with Crippen molar-refractivity contribution in [1.29, 1.82) is 0 Å². The van der Waals surface area contributed by atoms with Crippen LogP contribution in [-0.2, 0) is 29.7 Å². The van der Waals surface area contributed by atoms with Crippen molar-refractivity contribution in [1.82, 2.24) is 29.2 Å². The molecule has 3 heterocycles. The van der Waals surface area contributed by atoms with Gasteiger partial charge in [-0.15, -0.1) is 0 Å². The predicted molar refractivity (Wildman–Crippen MR) is 128 cm³/mol. The van der Waals surface area contributed by atoms with Crippen molar-refractivity contribution in [3.8, 4) is 16.8 Å². The predicted octanol–water partition coefficient (Wildman–Crippen LogP) is 3.24. The Kier molecular flexibility index (Phi) is 5.46. The second-order valence-corrected chi connectivity index (χ2v) is 12.8. The molecule has 2 aliphatic rings. The van der Waals surface area contributed by atoms with Gasteiger partial charge < -0.3 is 5.32 Å². The number of rotatable bonds is 6. The monoisotopic (exact) mass is 468 g/mol. The quantitative estimate of drug-likeness (QED) is 0.600. The van der Waals surface area contributed by atoms with Gasteiger partial charge in [0.2, 0.25) is 10.0 Å². The maximum atomic E-state index is 13.0. The summed E-state index contributed by atoms with van der Waals surface area (Å²) in [6, 6.07) is 7.25. The Balaban J connectivity index is 1.42. The van der Waals surface area contributed by atoms with Gasteiger partial charge in [0.1, 0.15) is 5.69 Å². The standard InChI is InChI=1S/C24H32N6O2S/c1-17-5-6-18(12-25-20-7-8-20)11-21(17)19-13-26-30(15-19)22-14-27-29-10-9-28(16-23(22)29)33(31,32)24(2,3)4/h5-6,11,13-15,20,25H,7-10,12,16H2,1-4H3. The molecule has 1 N–H and O–H groups in total. The van der Waals surface area contributed by atoms with Crippen LogP contribution in [0.2, 0.25) is 0 Å². The Morgan fingerprint density at radius 1 is 1.12 bits per heavy atom. The van der Waals surface area contributed by atoms with E-state index in [4.69, 9.17) is 0 Å². The number of nitrogens with zero attached hydrogens (tertiary/aromatic N) is 5. The van der Waals surface area contributed by atoms with E-state index in [1.54, 1.807) is 31.3 Å². The van der Waals surface area contributed by atoms with Crippen molar-refractivity contribution >= 4 is 10.0 Å². The zero-order valence-corrected chi connectivity index (χ0v) is 20.6. The van der Waals surface area contributed by atoms with Crippen LogP contribution in [0, 0.1) is 6.92 Å². The summed E-state index contributed by atoms with van der Waals surface area (Å²) in [6.07, 6.45) is 8.21. The van der Waals surface area contributed by atoms with Crippen molar-refractivity contribution in [3.63, 3.8) is 0 Å². The van der Waals surface area contributed by atoms with Gasteiger partial charge in [0.15, 0.2) is 0 Å². The van der Waals surface area contributed by atoms with Gasteiger partial charge in [0, 0.05) is 30.9 Å². The molecule has 0 spiro atoms. The SMILES string of the molecule is Cc1ccc(CNC2CC2)cc1-c1cnn(-c2cnn3c2CN(S(=O)(=O)C(C)(C)C)CC3)c1. The van der Waals surface area contributed by atoms with Gasteiger partial charge in [-0.05, 0) is 63.3 Å². The van der Waals surface area contributed by atoms with Gasteiger partial charge >= 0.3 is 0 Å². The molecule has 9 heteroatoms. The Labute approximate surface area is 195 Å². The van der Waals surface area contributed by atoms with E-state index in [1.165, 1.54) is 24.0 Å². The Hall–Kier alpha value is -2.49. The molecule has 176 valence electrons. The highest BCUT2D eigenvalue weighted by atomic mass is 32.2. The van der Waals surface area contributed by atoms with Crippen molar-refractivity contribution < 1.29 is 8.42 Å². The van der Waals surface area contributed by atoms with Crippen LogP contribution in [0.5, 0.6) is 0 Å². The number of fused-ring (bicyclic) bond motifs is 1. The van der Waals surface area contributed by atoms with E-state index in [2.05, 4.69) is 40.6 Å². The molecule has 1 aromatic carbocycles. The maximum absolute atomic E-state index is 13.0. The zero-order valence-electron chi connectivity index (χ0n) is 19.7. The lowest BCUT2D eigenvalue weighted by Crippen LogP contribution is -2.46. The first-order valence-electron chi connectivity index (χ1n) is 11.6. The minimum absolute atomic E-state index is 0.297. The average Bonchev–Trinajstić information content (AvgIpc) is 3.30. The van der Waals surface area contributed by atoms with E-state index in [0.717, 1.165) is 29.1 Å². The third-order valence-corrected chi connectivity index (χ3v) is 9.08. The van der Waals surface area contributed by atoms with E-state index in [-0.39, 0.29) is 0 Å². The van der Waals surface area contributed by atoms with E-state index < -0.39 is 14.8 Å². The molecule has 1 aliphatic heterocycles. The van der Waals surface area contributed by atoms with Crippen LogP contribution in [0.25, 0.3) is 16.8 Å². The van der Waals surface area contributed by atoms with E-state index in [1.807, 2.05) is 21.8 Å². The summed E-state index contributed by atoms with van der Waals surface area (Å²) >= 11 is 0. The third kappa shape index (κ3) is 4.25. The first-order valence-corrected chi connectivity index (χ1v) is 13.0. The first kappa shape index (κ1) is 22.3. The largest absolute Gasteiger partial charge is 0.310 e. The number of hydrogen-bond acceptors (Lipinski definition) is 5. The molecular formula is C24H32N6O2S. The second-order valence-electron chi connectivity index (χ2n) is 10.1. The van der Waals surface area contributed by atoms with Gasteiger partial charge in [0.25, 0.3) is 0 Å². The van der Waals surface area contributed by atoms with Gasteiger partial charge in [-0.1, -0.05) is 12.1 Å². The van der Waals surface area contributed by atoms with Gasteiger partial charge in [0.05, 0.1) is 35.9 Å². The Morgan fingerprint density at radius 2 is 1.91 bits per heavy atom. The van der Waals surface area contributed by atoms with Crippen LogP contribution in [0.3, 0.4) is 0 Å². The van der Waals surface area contributed by atoms with Crippen LogP contribution < -0.4 is 5.32 Å². The molecule has 0 atom stereocenters. The van der Waals surface area contributed by atoms with Crippen LogP contribution in [0.4, 0.5) is 0 Å². The van der Waals surface area contributed by atoms with Crippen molar-refractivity contribution in [2.45, 2.75) is 71.0 Å². The van der Waals surface area contributed by atoms with Crippen molar-refractivity contribution in [2.75, 3.05) is 6.54 Å². The second kappa shape index (κ2) is 8.07. The summed E-state index contributed by atoms with van der Waals surface area (Å²) in [6.45, 7) is 9.48. The number of nitrogens with one attached hydrogen (secondary N) is 1. The Bertz CT molecular complexity index is 1280. The average molecular weight is 469 g/mol. The molecule has 1 saturated carbocycles. The highest BCUT2D eigenvalue weighted by Crippen LogP contribution is 2.29. The fourth-order valence-electron chi connectivity index (χ4n) is 4.23. The number of hydrogen-bond donors (Lipinski definition) is 1. The fraction of sp³-hybridized carbons (Fsp3) is 0.500. The van der Waals surface area contributed by atoms with Crippen LogP contribution in [0.1, 0.15) is 50.4 Å².